The molecule has 1 aromatic heterocycles. The standard InChI is InChI=1S/C15H10BrFN2O2/c16-11-6-7-13(12(17)8-11)20-9-14-18-15(21-19-14)10-4-2-1-3-5-10/h1-8H,9H2. The second-order valence-corrected chi connectivity index (χ2v) is 5.16. The predicted molar refractivity (Wildman–Crippen MR) is 78.2 cm³/mol. The van der Waals surface area contributed by atoms with Crippen molar-refractivity contribution in [2.75, 3.05) is 0 Å². The fourth-order valence-electron chi connectivity index (χ4n) is 1.75. The Balaban J connectivity index is 1.70. The van der Waals surface area contributed by atoms with Crippen LogP contribution in [0.2, 0.25) is 0 Å². The molecule has 0 saturated heterocycles. The SMILES string of the molecule is Fc1cc(Br)ccc1OCc1noc(-c2ccccc2)n1. The zero-order chi connectivity index (χ0) is 14.7. The molecule has 6 heteroatoms. The molecule has 21 heavy (non-hydrogen) atoms. The lowest BCUT2D eigenvalue weighted by atomic mass is 10.2. The van der Waals surface area contributed by atoms with E-state index in [2.05, 4.69) is 26.1 Å². The Hall–Kier alpha value is -2.21. The van der Waals surface area contributed by atoms with E-state index in [0.717, 1.165) is 5.56 Å². The third-order valence-electron chi connectivity index (χ3n) is 2.74. The summed E-state index contributed by atoms with van der Waals surface area (Å²) in [6, 6.07) is 14.0. The number of aromatic nitrogens is 2. The third kappa shape index (κ3) is 3.28. The second kappa shape index (κ2) is 6.05. The maximum Gasteiger partial charge on any atom is 0.258 e. The highest BCUT2D eigenvalue weighted by Crippen LogP contribution is 2.22. The lowest BCUT2D eigenvalue weighted by Gasteiger charge is -2.04. The largest absolute Gasteiger partial charge is 0.482 e. The molecule has 3 rings (SSSR count). The number of ether oxygens (including phenoxy) is 1. The molecule has 0 N–H and O–H groups in total. The molecule has 4 nitrogen and oxygen atoms in total. The van der Waals surface area contributed by atoms with E-state index in [1.54, 1.807) is 6.07 Å². The predicted octanol–water partition coefficient (Wildman–Crippen LogP) is 4.22. The number of nitrogens with zero attached hydrogens (tertiary/aromatic N) is 2. The Bertz CT molecular complexity index is 746. The molecule has 0 aliphatic rings. The lowest BCUT2D eigenvalue weighted by Crippen LogP contribution is -1.99. The maximum atomic E-state index is 13.6. The zero-order valence-electron chi connectivity index (χ0n) is 10.8. The zero-order valence-corrected chi connectivity index (χ0v) is 12.4. The van der Waals surface area contributed by atoms with Gasteiger partial charge in [-0.05, 0) is 30.3 Å². The van der Waals surface area contributed by atoms with E-state index in [4.69, 9.17) is 9.26 Å². The van der Waals surface area contributed by atoms with Crippen LogP contribution in [0.5, 0.6) is 5.75 Å². The van der Waals surface area contributed by atoms with Crippen LogP contribution in [0.3, 0.4) is 0 Å². The summed E-state index contributed by atoms with van der Waals surface area (Å²) in [5.74, 6) is 0.460. The topological polar surface area (TPSA) is 48.2 Å². The van der Waals surface area contributed by atoms with Crippen molar-refractivity contribution >= 4 is 15.9 Å². The summed E-state index contributed by atoms with van der Waals surface area (Å²) < 4.78 is 24.7. The van der Waals surface area contributed by atoms with Crippen LogP contribution in [-0.4, -0.2) is 10.1 Å². The monoisotopic (exact) mass is 348 g/mol. The molecule has 0 radical (unpaired) electrons. The van der Waals surface area contributed by atoms with Gasteiger partial charge in [-0.25, -0.2) is 4.39 Å². The van der Waals surface area contributed by atoms with Crippen molar-refractivity contribution in [3.63, 3.8) is 0 Å². The smallest absolute Gasteiger partial charge is 0.258 e. The van der Waals surface area contributed by atoms with Crippen molar-refractivity contribution in [3.05, 3.63) is 64.6 Å². The maximum absolute atomic E-state index is 13.6. The van der Waals surface area contributed by atoms with Gasteiger partial charge in [0, 0.05) is 10.0 Å². The fraction of sp³-hybridized carbons (Fsp3) is 0.0667. The van der Waals surface area contributed by atoms with E-state index >= 15 is 0 Å². The van der Waals surface area contributed by atoms with E-state index in [-0.39, 0.29) is 12.4 Å². The van der Waals surface area contributed by atoms with Gasteiger partial charge in [0.25, 0.3) is 5.89 Å². The van der Waals surface area contributed by atoms with Gasteiger partial charge in [-0.15, -0.1) is 0 Å². The highest BCUT2D eigenvalue weighted by atomic mass is 79.9. The van der Waals surface area contributed by atoms with Crippen molar-refractivity contribution in [1.82, 2.24) is 10.1 Å². The number of hydrogen-bond donors (Lipinski definition) is 0. The molecule has 0 spiro atoms. The summed E-state index contributed by atoms with van der Waals surface area (Å²) in [6.07, 6.45) is 0. The number of rotatable bonds is 4. The van der Waals surface area contributed by atoms with Crippen LogP contribution in [0.15, 0.2) is 57.5 Å². The molecule has 0 saturated carbocycles. The van der Waals surface area contributed by atoms with E-state index in [0.29, 0.717) is 16.2 Å². The van der Waals surface area contributed by atoms with E-state index in [1.165, 1.54) is 12.1 Å². The van der Waals surface area contributed by atoms with Crippen LogP contribution < -0.4 is 4.74 Å². The summed E-state index contributed by atoms with van der Waals surface area (Å²) in [5.41, 5.74) is 0.825. The van der Waals surface area contributed by atoms with Crippen molar-refractivity contribution in [2.45, 2.75) is 6.61 Å². The summed E-state index contributed by atoms with van der Waals surface area (Å²) in [6.45, 7) is 0.0366. The number of benzene rings is 2. The summed E-state index contributed by atoms with van der Waals surface area (Å²) in [7, 11) is 0. The average Bonchev–Trinajstić information content (AvgIpc) is 2.96. The van der Waals surface area contributed by atoms with Crippen molar-refractivity contribution < 1.29 is 13.7 Å². The van der Waals surface area contributed by atoms with Gasteiger partial charge in [-0.3, -0.25) is 0 Å². The molecule has 0 amide bonds. The molecule has 0 aliphatic carbocycles. The Morgan fingerprint density at radius 2 is 1.95 bits per heavy atom. The Kier molecular flexibility index (Phi) is 3.96. The lowest BCUT2D eigenvalue weighted by molar-refractivity contribution is 0.273. The first-order chi connectivity index (χ1) is 10.2. The normalized spacial score (nSPS) is 10.6. The molecule has 0 bridgehead atoms. The number of hydrogen-bond acceptors (Lipinski definition) is 4. The average molecular weight is 349 g/mol. The molecule has 1 heterocycles. The minimum Gasteiger partial charge on any atom is -0.482 e. The van der Waals surface area contributed by atoms with E-state index in [9.17, 15) is 4.39 Å². The highest BCUT2D eigenvalue weighted by molar-refractivity contribution is 9.10. The van der Waals surface area contributed by atoms with Gasteiger partial charge in [-0.1, -0.05) is 39.3 Å². The van der Waals surface area contributed by atoms with Gasteiger partial charge in [0.15, 0.2) is 18.2 Å². The Morgan fingerprint density at radius 3 is 2.71 bits per heavy atom. The second-order valence-electron chi connectivity index (χ2n) is 4.25. The Morgan fingerprint density at radius 1 is 1.14 bits per heavy atom. The summed E-state index contributed by atoms with van der Waals surface area (Å²) in [4.78, 5) is 4.21. The number of halogens is 2. The first kappa shape index (κ1) is 13.8. The van der Waals surface area contributed by atoms with Crippen LogP contribution in [-0.2, 0) is 6.61 Å². The van der Waals surface area contributed by atoms with Crippen LogP contribution in [0.4, 0.5) is 4.39 Å². The van der Waals surface area contributed by atoms with Gasteiger partial charge >= 0.3 is 0 Å². The summed E-state index contributed by atoms with van der Waals surface area (Å²) >= 11 is 3.19. The van der Waals surface area contributed by atoms with Gasteiger partial charge in [-0.2, -0.15) is 4.98 Å². The fourth-order valence-corrected chi connectivity index (χ4v) is 2.08. The molecular weight excluding hydrogens is 339 g/mol. The Labute approximate surface area is 128 Å². The molecule has 0 unspecified atom stereocenters. The first-order valence-corrected chi connectivity index (χ1v) is 6.97. The van der Waals surface area contributed by atoms with Gasteiger partial charge in [0.1, 0.15) is 0 Å². The van der Waals surface area contributed by atoms with Gasteiger partial charge < -0.3 is 9.26 Å². The molecule has 0 fully saturated rings. The van der Waals surface area contributed by atoms with Crippen molar-refractivity contribution in [1.29, 1.82) is 0 Å². The molecule has 2 aromatic carbocycles. The van der Waals surface area contributed by atoms with Crippen LogP contribution >= 0.6 is 15.9 Å². The van der Waals surface area contributed by atoms with Gasteiger partial charge in [0.05, 0.1) is 0 Å². The van der Waals surface area contributed by atoms with Crippen LogP contribution in [0.25, 0.3) is 11.5 Å². The third-order valence-corrected chi connectivity index (χ3v) is 3.23. The minimum absolute atomic E-state index is 0.0366. The summed E-state index contributed by atoms with van der Waals surface area (Å²) in [5, 5.41) is 3.81. The molecule has 106 valence electrons. The van der Waals surface area contributed by atoms with Crippen LogP contribution in [0, 0.1) is 5.82 Å². The first-order valence-electron chi connectivity index (χ1n) is 6.18. The van der Waals surface area contributed by atoms with Crippen LogP contribution in [0.1, 0.15) is 5.82 Å². The highest BCUT2D eigenvalue weighted by Gasteiger charge is 2.10. The van der Waals surface area contributed by atoms with E-state index < -0.39 is 5.82 Å². The molecule has 0 aliphatic heterocycles. The van der Waals surface area contributed by atoms with Gasteiger partial charge in [0.2, 0.25) is 5.82 Å². The van der Waals surface area contributed by atoms with E-state index in [1.807, 2.05) is 30.3 Å². The molecular formula is C15H10BrFN2O2. The molecule has 3 aromatic rings. The van der Waals surface area contributed by atoms with Crippen molar-refractivity contribution in [2.24, 2.45) is 0 Å². The quantitative estimate of drug-likeness (QED) is 0.708. The minimum atomic E-state index is -0.448. The van der Waals surface area contributed by atoms with Crippen molar-refractivity contribution in [3.8, 4) is 17.2 Å². The molecule has 0 atom stereocenters.